The van der Waals surface area contributed by atoms with E-state index in [0.29, 0.717) is 12.6 Å². The maximum absolute atomic E-state index is 12.4. The monoisotopic (exact) mass is 343 g/mol. The molecule has 0 spiro atoms. The molecule has 1 heterocycles. The van der Waals surface area contributed by atoms with Crippen LogP contribution < -0.4 is 5.32 Å². The molecule has 0 saturated heterocycles. The number of rotatable bonds is 5. The van der Waals surface area contributed by atoms with Crippen molar-refractivity contribution in [2.45, 2.75) is 26.4 Å². The van der Waals surface area contributed by atoms with Gasteiger partial charge in [0.25, 0.3) is 5.91 Å². The van der Waals surface area contributed by atoms with E-state index in [2.05, 4.69) is 23.7 Å². The fourth-order valence-electron chi connectivity index (χ4n) is 2.95. The first-order chi connectivity index (χ1) is 12.6. The fourth-order valence-corrected chi connectivity index (χ4v) is 2.95. The van der Waals surface area contributed by atoms with E-state index in [1.165, 1.54) is 0 Å². The Kier molecular flexibility index (Phi) is 5.19. The second kappa shape index (κ2) is 7.71. The minimum absolute atomic E-state index is 0.104. The number of aromatic nitrogens is 1. The van der Waals surface area contributed by atoms with Gasteiger partial charge in [0.05, 0.1) is 0 Å². The van der Waals surface area contributed by atoms with E-state index in [9.17, 15) is 10.1 Å². The van der Waals surface area contributed by atoms with Gasteiger partial charge in [0.2, 0.25) is 0 Å². The summed E-state index contributed by atoms with van der Waals surface area (Å²) in [6, 6.07) is 20.0. The van der Waals surface area contributed by atoms with Crippen LogP contribution in [0.1, 0.15) is 31.0 Å². The Hall–Kier alpha value is -3.32. The first-order valence-corrected chi connectivity index (χ1v) is 8.63. The van der Waals surface area contributed by atoms with Gasteiger partial charge >= 0.3 is 0 Å². The van der Waals surface area contributed by atoms with E-state index in [0.717, 1.165) is 22.0 Å². The molecular weight excluding hydrogens is 322 g/mol. The Morgan fingerprint density at radius 3 is 2.54 bits per heavy atom. The van der Waals surface area contributed by atoms with Crippen molar-refractivity contribution in [3.8, 4) is 6.07 Å². The maximum Gasteiger partial charge on any atom is 0.262 e. The molecule has 1 N–H and O–H groups in total. The van der Waals surface area contributed by atoms with Gasteiger partial charge in [0.1, 0.15) is 11.6 Å². The van der Waals surface area contributed by atoms with Gasteiger partial charge in [0.15, 0.2) is 0 Å². The van der Waals surface area contributed by atoms with Gasteiger partial charge < -0.3 is 9.88 Å². The lowest BCUT2D eigenvalue weighted by atomic mass is 10.1. The van der Waals surface area contributed by atoms with E-state index < -0.39 is 0 Å². The van der Waals surface area contributed by atoms with Gasteiger partial charge in [-0.25, -0.2) is 0 Å². The van der Waals surface area contributed by atoms with Crippen LogP contribution in [0.5, 0.6) is 0 Å². The van der Waals surface area contributed by atoms with Gasteiger partial charge in [-0.05, 0) is 31.6 Å². The smallest absolute Gasteiger partial charge is 0.262 e. The summed E-state index contributed by atoms with van der Waals surface area (Å²) in [4.78, 5) is 12.4. The van der Waals surface area contributed by atoms with Crippen LogP contribution >= 0.6 is 0 Å². The van der Waals surface area contributed by atoms with Crippen molar-refractivity contribution in [3.63, 3.8) is 0 Å². The Morgan fingerprint density at radius 2 is 1.85 bits per heavy atom. The number of benzene rings is 2. The molecule has 0 aliphatic carbocycles. The molecule has 4 heteroatoms. The maximum atomic E-state index is 12.4. The summed E-state index contributed by atoms with van der Waals surface area (Å²) in [5, 5.41) is 13.3. The zero-order valence-corrected chi connectivity index (χ0v) is 14.9. The Balaban J connectivity index is 1.88. The molecule has 0 saturated carbocycles. The quantitative estimate of drug-likeness (QED) is 0.550. The van der Waals surface area contributed by atoms with Crippen LogP contribution in [-0.4, -0.2) is 10.5 Å². The lowest BCUT2D eigenvalue weighted by Gasteiger charge is -2.08. The number of fused-ring (bicyclic) bond motifs is 1. The molecule has 2 aromatic carbocycles. The molecule has 0 bridgehead atoms. The van der Waals surface area contributed by atoms with Gasteiger partial charge in [-0.15, -0.1) is 0 Å². The first kappa shape index (κ1) is 17.5. The number of carbonyl (C=O) groups excluding carboxylic acids is 1. The molecule has 1 amide bonds. The Bertz CT molecular complexity index is 991. The number of hydrogen-bond donors (Lipinski definition) is 1. The SMILES string of the molecule is CC(C)n1cc(C=C(C#N)C(=O)NCc2ccccc2)c2ccccc21. The minimum Gasteiger partial charge on any atom is -0.347 e. The molecule has 0 unspecified atom stereocenters. The lowest BCUT2D eigenvalue weighted by Crippen LogP contribution is -2.23. The topological polar surface area (TPSA) is 57.8 Å². The van der Waals surface area contributed by atoms with E-state index in [1.54, 1.807) is 6.08 Å². The summed E-state index contributed by atoms with van der Waals surface area (Å²) < 4.78 is 2.15. The second-order valence-corrected chi connectivity index (χ2v) is 6.44. The van der Waals surface area contributed by atoms with E-state index in [1.807, 2.05) is 66.9 Å². The number of hydrogen-bond acceptors (Lipinski definition) is 2. The van der Waals surface area contributed by atoms with E-state index >= 15 is 0 Å². The highest BCUT2D eigenvalue weighted by Gasteiger charge is 2.13. The average molecular weight is 343 g/mol. The third-order valence-corrected chi connectivity index (χ3v) is 4.29. The van der Waals surface area contributed by atoms with E-state index in [-0.39, 0.29) is 11.5 Å². The highest BCUT2D eigenvalue weighted by atomic mass is 16.1. The normalized spacial score (nSPS) is 11.5. The lowest BCUT2D eigenvalue weighted by molar-refractivity contribution is -0.117. The van der Waals surface area contributed by atoms with Crippen LogP contribution in [0.4, 0.5) is 0 Å². The summed E-state index contributed by atoms with van der Waals surface area (Å²) in [6.07, 6.45) is 3.67. The number of nitriles is 1. The first-order valence-electron chi connectivity index (χ1n) is 8.63. The summed E-state index contributed by atoms with van der Waals surface area (Å²) in [5.41, 5.74) is 3.07. The molecule has 26 heavy (non-hydrogen) atoms. The molecule has 0 fully saturated rings. The molecule has 0 radical (unpaired) electrons. The summed E-state index contributed by atoms with van der Waals surface area (Å²) >= 11 is 0. The molecule has 3 aromatic rings. The summed E-state index contributed by atoms with van der Waals surface area (Å²) in [5.74, 6) is -0.363. The molecular formula is C22H21N3O. The van der Waals surface area contributed by atoms with Crippen molar-refractivity contribution in [3.05, 3.63) is 77.5 Å². The minimum atomic E-state index is -0.363. The number of carbonyl (C=O) groups is 1. The molecule has 0 atom stereocenters. The highest BCUT2D eigenvalue weighted by Crippen LogP contribution is 2.26. The number of nitrogens with zero attached hydrogens (tertiary/aromatic N) is 2. The van der Waals surface area contributed by atoms with Gasteiger partial charge in [-0.1, -0.05) is 48.5 Å². The van der Waals surface area contributed by atoms with Crippen LogP contribution in [0.25, 0.3) is 17.0 Å². The van der Waals surface area contributed by atoms with Crippen molar-refractivity contribution in [2.75, 3.05) is 0 Å². The molecule has 4 nitrogen and oxygen atoms in total. The van der Waals surface area contributed by atoms with Gasteiger partial charge in [0, 0.05) is 35.2 Å². The van der Waals surface area contributed by atoms with Crippen molar-refractivity contribution in [1.29, 1.82) is 5.26 Å². The zero-order valence-electron chi connectivity index (χ0n) is 14.9. The zero-order chi connectivity index (χ0) is 18.5. The average Bonchev–Trinajstić information content (AvgIpc) is 3.04. The molecule has 130 valence electrons. The standard InChI is InChI=1S/C22H21N3O/c1-16(2)25-15-19(20-10-6-7-11-21(20)25)12-18(13-23)22(26)24-14-17-8-4-3-5-9-17/h3-12,15-16H,14H2,1-2H3,(H,24,26). The van der Waals surface area contributed by atoms with Crippen molar-refractivity contribution >= 4 is 22.9 Å². The van der Waals surface area contributed by atoms with E-state index in [4.69, 9.17) is 0 Å². The Labute approximate surface area is 153 Å². The predicted octanol–water partition coefficient (Wildman–Crippen LogP) is 4.45. The van der Waals surface area contributed by atoms with Crippen LogP contribution in [0.15, 0.2) is 66.4 Å². The molecule has 0 aliphatic rings. The van der Waals surface area contributed by atoms with Gasteiger partial charge in [-0.2, -0.15) is 5.26 Å². The van der Waals surface area contributed by atoms with Crippen molar-refractivity contribution in [2.24, 2.45) is 0 Å². The fraction of sp³-hybridized carbons (Fsp3) is 0.182. The third-order valence-electron chi connectivity index (χ3n) is 4.29. The molecule has 0 aliphatic heterocycles. The predicted molar refractivity (Wildman–Crippen MR) is 104 cm³/mol. The van der Waals surface area contributed by atoms with Crippen LogP contribution in [0.2, 0.25) is 0 Å². The van der Waals surface area contributed by atoms with Crippen molar-refractivity contribution in [1.82, 2.24) is 9.88 Å². The Morgan fingerprint density at radius 1 is 1.15 bits per heavy atom. The van der Waals surface area contributed by atoms with Gasteiger partial charge in [-0.3, -0.25) is 4.79 Å². The molecule has 1 aromatic heterocycles. The second-order valence-electron chi connectivity index (χ2n) is 6.44. The summed E-state index contributed by atoms with van der Waals surface area (Å²) in [7, 11) is 0. The number of nitrogens with one attached hydrogen (secondary N) is 1. The highest BCUT2D eigenvalue weighted by molar-refractivity contribution is 6.04. The van der Waals surface area contributed by atoms with Crippen LogP contribution in [0.3, 0.4) is 0 Å². The largest absolute Gasteiger partial charge is 0.347 e. The van der Waals surface area contributed by atoms with Crippen LogP contribution in [-0.2, 0) is 11.3 Å². The number of amides is 1. The third kappa shape index (κ3) is 3.68. The number of para-hydroxylation sites is 1. The summed E-state index contributed by atoms with van der Waals surface area (Å²) in [6.45, 7) is 4.61. The van der Waals surface area contributed by atoms with Crippen molar-refractivity contribution < 1.29 is 4.79 Å². The van der Waals surface area contributed by atoms with Crippen LogP contribution in [0, 0.1) is 11.3 Å². The molecule has 3 rings (SSSR count).